The van der Waals surface area contributed by atoms with Gasteiger partial charge in [-0.2, -0.15) is 0 Å². The molecule has 0 amide bonds. The van der Waals surface area contributed by atoms with Gasteiger partial charge < -0.3 is 5.11 Å². The molecule has 0 spiro atoms. The number of fused-ring (bicyclic) bond motifs is 5. The Bertz CT molecular complexity index is 473. The monoisotopic (exact) mass is 390 g/mol. The fourth-order valence-corrected chi connectivity index (χ4v) is 8.81. The molecular weight excluding hydrogens is 340 g/mol. The Balaban J connectivity index is 0.00000109. The molecule has 9 unspecified atom stereocenters. The van der Waals surface area contributed by atoms with E-state index in [0.29, 0.717) is 17.9 Å². The maximum absolute atomic E-state index is 9.77. The Morgan fingerprint density at radius 3 is 2.39 bits per heavy atom. The molecule has 0 aromatic carbocycles. The molecular formula is C27H50O. The van der Waals surface area contributed by atoms with Crippen LogP contribution in [-0.2, 0) is 0 Å². The van der Waals surface area contributed by atoms with Gasteiger partial charge in [0.25, 0.3) is 0 Å². The van der Waals surface area contributed by atoms with Gasteiger partial charge in [0.15, 0.2) is 0 Å². The van der Waals surface area contributed by atoms with Gasteiger partial charge in [0.05, 0.1) is 0 Å². The first kappa shape index (κ1) is 22.6. The first-order chi connectivity index (χ1) is 13.6. The quantitative estimate of drug-likeness (QED) is 0.509. The van der Waals surface area contributed by atoms with E-state index in [2.05, 4.69) is 20.8 Å². The first-order valence-electron chi connectivity index (χ1n) is 13.2. The van der Waals surface area contributed by atoms with E-state index in [0.717, 1.165) is 41.4 Å². The van der Waals surface area contributed by atoms with Crippen LogP contribution in [0.4, 0.5) is 0 Å². The van der Waals surface area contributed by atoms with Crippen LogP contribution in [0.15, 0.2) is 0 Å². The summed E-state index contributed by atoms with van der Waals surface area (Å²) < 4.78 is 0. The number of aliphatic hydroxyl groups is 1. The van der Waals surface area contributed by atoms with Crippen molar-refractivity contribution in [2.45, 2.75) is 112 Å². The molecule has 4 aliphatic rings. The molecule has 9 atom stereocenters. The topological polar surface area (TPSA) is 20.2 Å². The van der Waals surface area contributed by atoms with E-state index >= 15 is 0 Å². The van der Waals surface area contributed by atoms with Crippen molar-refractivity contribution in [3.05, 3.63) is 0 Å². The van der Waals surface area contributed by atoms with Crippen LogP contribution in [0.5, 0.6) is 0 Å². The smallest absolute Gasteiger partial charge is 0.0459 e. The lowest BCUT2D eigenvalue weighted by molar-refractivity contribution is -0.0765. The second-order valence-electron chi connectivity index (χ2n) is 11.1. The fourth-order valence-electron chi connectivity index (χ4n) is 8.81. The number of unbranched alkanes of at least 4 members (excludes halogenated alkanes) is 1. The molecule has 28 heavy (non-hydrogen) atoms. The van der Waals surface area contributed by atoms with Crippen LogP contribution in [0.25, 0.3) is 0 Å². The maximum atomic E-state index is 9.77. The number of aliphatic hydroxyl groups excluding tert-OH is 1. The fraction of sp³-hybridized carbons (Fsp3) is 1.00. The van der Waals surface area contributed by atoms with Gasteiger partial charge in [0, 0.05) is 6.61 Å². The second-order valence-corrected chi connectivity index (χ2v) is 11.1. The molecule has 164 valence electrons. The second kappa shape index (κ2) is 9.84. The summed E-state index contributed by atoms with van der Waals surface area (Å²) in [6.07, 6.45) is 17.9. The maximum Gasteiger partial charge on any atom is 0.0459 e. The third-order valence-electron chi connectivity index (χ3n) is 10.1. The summed E-state index contributed by atoms with van der Waals surface area (Å²) in [5.41, 5.74) is 0.536. The minimum atomic E-state index is 0.394. The van der Waals surface area contributed by atoms with Crippen LogP contribution >= 0.6 is 0 Å². The van der Waals surface area contributed by atoms with Crippen molar-refractivity contribution in [3.63, 3.8) is 0 Å². The van der Waals surface area contributed by atoms with Gasteiger partial charge in [-0.15, -0.1) is 0 Å². The highest BCUT2D eigenvalue weighted by atomic mass is 16.3. The van der Waals surface area contributed by atoms with E-state index in [1.807, 2.05) is 13.8 Å². The molecule has 0 radical (unpaired) electrons. The molecule has 1 N–H and O–H groups in total. The van der Waals surface area contributed by atoms with Crippen molar-refractivity contribution in [3.8, 4) is 0 Å². The lowest BCUT2D eigenvalue weighted by Crippen LogP contribution is -2.49. The highest BCUT2D eigenvalue weighted by Crippen LogP contribution is 2.65. The lowest BCUT2D eigenvalue weighted by atomic mass is 9.48. The Labute approximate surface area is 176 Å². The molecule has 4 rings (SSSR count). The average Bonchev–Trinajstić information content (AvgIpc) is 3.10. The van der Waals surface area contributed by atoms with Crippen molar-refractivity contribution in [2.24, 2.45) is 52.8 Å². The van der Waals surface area contributed by atoms with Gasteiger partial charge in [0.2, 0.25) is 0 Å². The van der Waals surface area contributed by atoms with E-state index in [9.17, 15) is 5.11 Å². The van der Waals surface area contributed by atoms with Gasteiger partial charge >= 0.3 is 0 Å². The summed E-state index contributed by atoms with van der Waals surface area (Å²) in [6, 6.07) is 0. The molecule has 0 aliphatic heterocycles. The van der Waals surface area contributed by atoms with Crippen LogP contribution in [0.2, 0.25) is 0 Å². The Kier molecular flexibility index (Phi) is 7.96. The number of hydrogen-bond acceptors (Lipinski definition) is 1. The van der Waals surface area contributed by atoms with E-state index in [4.69, 9.17) is 0 Å². The molecule has 4 aliphatic carbocycles. The van der Waals surface area contributed by atoms with Crippen LogP contribution in [-0.4, -0.2) is 11.7 Å². The summed E-state index contributed by atoms with van der Waals surface area (Å²) in [4.78, 5) is 0. The summed E-state index contributed by atoms with van der Waals surface area (Å²) >= 11 is 0. The summed E-state index contributed by atoms with van der Waals surface area (Å²) in [5.74, 6) is 7.55. The Morgan fingerprint density at radius 2 is 1.68 bits per heavy atom. The summed E-state index contributed by atoms with van der Waals surface area (Å²) in [7, 11) is 0. The van der Waals surface area contributed by atoms with Crippen LogP contribution in [0.3, 0.4) is 0 Å². The number of hydrogen-bond donors (Lipinski definition) is 1. The minimum Gasteiger partial charge on any atom is -0.396 e. The third kappa shape index (κ3) is 4.08. The van der Waals surface area contributed by atoms with Crippen LogP contribution in [0, 0.1) is 52.8 Å². The minimum absolute atomic E-state index is 0.394. The van der Waals surface area contributed by atoms with Crippen molar-refractivity contribution in [1.29, 1.82) is 0 Å². The molecule has 0 saturated heterocycles. The lowest BCUT2D eigenvalue weighted by Gasteiger charge is -2.57. The predicted molar refractivity (Wildman–Crippen MR) is 121 cm³/mol. The van der Waals surface area contributed by atoms with Crippen LogP contribution < -0.4 is 0 Å². The van der Waals surface area contributed by atoms with E-state index in [1.165, 1.54) is 57.8 Å². The Hall–Kier alpha value is -0.0400. The molecule has 0 aromatic rings. The molecule has 1 heteroatoms. The van der Waals surface area contributed by atoms with Crippen LogP contribution in [0.1, 0.15) is 112 Å². The van der Waals surface area contributed by atoms with Gasteiger partial charge in [-0.05, 0) is 104 Å². The van der Waals surface area contributed by atoms with E-state index in [-0.39, 0.29) is 0 Å². The van der Waals surface area contributed by atoms with Gasteiger partial charge in [-0.1, -0.05) is 60.3 Å². The summed E-state index contributed by atoms with van der Waals surface area (Å²) in [6.45, 7) is 11.7. The molecule has 4 saturated carbocycles. The third-order valence-corrected chi connectivity index (χ3v) is 10.1. The van der Waals surface area contributed by atoms with E-state index < -0.39 is 0 Å². The van der Waals surface area contributed by atoms with Crippen molar-refractivity contribution < 1.29 is 5.11 Å². The van der Waals surface area contributed by atoms with Crippen molar-refractivity contribution >= 4 is 0 Å². The molecule has 0 heterocycles. The molecule has 0 bridgehead atoms. The highest BCUT2D eigenvalue weighted by molar-refractivity contribution is 5.06. The predicted octanol–water partition coefficient (Wildman–Crippen LogP) is 7.72. The normalized spacial score (nSPS) is 45.9. The standard InChI is InChI=1S/C25H44O.C2H6/c1-4-5-6-18-7-9-20-19(15-18)8-10-22-21(20)13-14-25(3)23(17(2)16-26)11-12-24(22)25;1-2/h17-24,26H,4-16H2,1-3H3;1-2H3. The zero-order valence-electron chi connectivity index (χ0n) is 19.8. The summed E-state index contributed by atoms with van der Waals surface area (Å²) in [5, 5.41) is 9.77. The highest BCUT2D eigenvalue weighted by Gasteiger charge is 2.57. The van der Waals surface area contributed by atoms with Gasteiger partial charge in [0.1, 0.15) is 0 Å². The zero-order chi connectivity index (χ0) is 20.3. The van der Waals surface area contributed by atoms with E-state index in [1.54, 1.807) is 19.3 Å². The average molecular weight is 391 g/mol. The van der Waals surface area contributed by atoms with Crippen molar-refractivity contribution in [2.75, 3.05) is 6.61 Å². The van der Waals surface area contributed by atoms with Crippen molar-refractivity contribution in [1.82, 2.24) is 0 Å². The molecule has 0 aromatic heterocycles. The molecule has 4 fully saturated rings. The Morgan fingerprint density at radius 1 is 0.929 bits per heavy atom. The van der Waals surface area contributed by atoms with Gasteiger partial charge in [-0.3, -0.25) is 0 Å². The zero-order valence-corrected chi connectivity index (χ0v) is 19.8. The number of rotatable bonds is 5. The van der Waals surface area contributed by atoms with Gasteiger partial charge in [-0.25, -0.2) is 0 Å². The first-order valence-corrected chi connectivity index (χ1v) is 13.2. The largest absolute Gasteiger partial charge is 0.396 e. The SMILES string of the molecule is CC.CCCCC1CCC2C(CCC3C2CCC2(C)C(C(C)CO)CCC32)C1. The molecule has 1 nitrogen and oxygen atoms in total.